The van der Waals surface area contributed by atoms with Crippen molar-refractivity contribution >= 4 is 11.8 Å². The molecule has 144 valence electrons. The zero-order valence-corrected chi connectivity index (χ0v) is 16.2. The summed E-state index contributed by atoms with van der Waals surface area (Å²) in [6.07, 6.45) is 1.98. The first kappa shape index (κ1) is 18.9. The second kappa shape index (κ2) is 7.40. The van der Waals surface area contributed by atoms with E-state index in [0.717, 1.165) is 6.54 Å². The minimum absolute atomic E-state index is 0.0287. The normalized spacial score (nSPS) is 25.2. The zero-order valence-electron chi connectivity index (χ0n) is 16.2. The molecule has 2 fully saturated rings. The largest absolute Gasteiger partial charge is 0.469 e. The van der Waals surface area contributed by atoms with E-state index in [0.29, 0.717) is 56.4 Å². The van der Waals surface area contributed by atoms with Crippen molar-refractivity contribution < 1.29 is 18.7 Å². The molecule has 0 aromatic carbocycles. The van der Waals surface area contributed by atoms with E-state index in [-0.39, 0.29) is 17.2 Å². The van der Waals surface area contributed by atoms with E-state index < -0.39 is 0 Å². The summed E-state index contributed by atoms with van der Waals surface area (Å²) in [5.74, 6) is 1.13. The third-order valence-corrected chi connectivity index (χ3v) is 5.64. The molecule has 2 amide bonds. The summed E-state index contributed by atoms with van der Waals surface area (Å²) >= 11 is 0. The van der Waals surface area contributed by atoms with E-state index in [4.69, 9.17) is 9.15 Å². The van der Waals surface area contributed by atoms with E-state index in [1.54, 1.807) is 19.4 Å². The minimum atomic E-state index is -0.0699. The van der Waals surface area contributed by atoms with E-state index in [2.05, 4.69) is 4.90 Å². The van der Waals surface area contributed by atoms with Crippen LogP contribution in [0.2, 0.25) is 0 Å². The van der Waals surface area contributed by atoms with Gasteiger partial charge < -0.3 is 23.9 Å². The van der Waals surface area contributed by atoms with Crippen molar-refractivity contribution in [3.05, 3.63) is 23.7 Å². The van der Waals surface area contributed by atoms with Gasteiger partial charge in [-0.2, -0.15) is 0 Å². The van der Waals surface area contributed by atoms with Crippen LogP contribution in [0.1, 0.15) is 22.5 Å². The second-order valence-corrected chi connectivity index (χ2v) is 7.89. The summed E-state index contributed by atoms with van der Waals surface area (Å²) in [7, 11) is 5.71. The van der Waals surface area contributed by atoms with E-state index in [9.17, 15) is 9.59 Å². The Hall–Kier alpha value is -1.86. The van der Waals surface area contributed by atoms with Crippen molar-refractivity contribution in [3.8, 4) is 0 Å². The van der Waals surface area contributed by atoms with Crippen LogP contribution >= 0.6 is 0 Å². The molecule has 26 heavy (non-hydrogen) atoms. The molecule has 0 aliphatic carbocycles. The van der Waals surface area contributed by atoms with Crippen LogP contribution in [0.3, 0.4) is 0 Å². The predicted molar refractivity (Wildman–Crippen MR) is 96.9 cm³/mol. The number of carbonyl (C=O) groups is 2. The lowest BCUT2D eigenvalue weighted by Crippen LogP contribution is -2.43. The van der Waals surface area contributed by atoms with E-state index in [1.165, 1.54) is 0 Å². The second-order valence-electron chi connectivity index (χ2n) is 7.89. The molecule has 2 atom stereocenters. The summed E-state index contributed by atoms with van der Waals surface area (Å²) in [5.41, 5.74) is 0.567. The van der Waals surface area contributed by atoms with Gasteiger partial charge in [0.05, 0.1) is 24.9 Å². The molecular formula is C19H29N3O4. The van der Waals surface area contributed by atoms with Crippen LogP contribution in [-0.2, 0) is 9.53 Å². The lowest BCUT2D eigenvalue weighted by molar-refractivity contribution is -0.131. The van der Waals surface area contributed by atoms with Crippen molar-refractivity contribution in [2.45, 2.75) is 13.3 Å². The van der Waals surface area contributed by atoms with E-state index >= 15 is 0 Å². The van der Waals surface area contributed by atoms with Gasteiger partial charge in [0.2, 0.25) is 5.91 Å². The SMILES string of the molecule is COCCC(=O)N1CC2CN(C(=O)c3ccoc3C)CC2(CN(C)C)C1. The molecule has 0 N–H and O–H groups in total. The quantitative estimate of drug-likeness (QED) is 0.757. The van der Waals surface area contributed by atoms with Gasteiger partial charge in [-0.1, -0.05) is 0 Å². The molecule has 1 aromatic rings. The zero-order chi connectivity index (χ0) is 18.9. The van der Waals surface area contributed by atoms with Crippen molar-refractivity contribution in [3.63, 3.8) is 0 Å². The number of likely N-dealkylation sites (tertiary alicyclic amines) is 2. The number of carbonyl (C=O) groups excluding carboxylic acids is 2. The molecule has 0 spiro atoms. The molecule has 7 heteroatoms. The first-order chi connectivity index (χ1) is 12.4. The molecule has 3 heterocycles. The highest BCUT2D eigenvalue weighted by Crippen LogP contribution is 2.43. The van der Waals surface area contributed by atoms with Crippen molar-refractivity contribution in [1.82, 2.24) is 14.7 Å². The molecule has 3 rings (SSSR count). The first-order valence-electron chi connectivity index (χ1n) is 9.11. The number of hydrogen-bond donors (Lipinski definition) is 0. The third kappa shape index (κ3) is 3.50. The Labute approximate surface area is 154 Å². The van der Waals surface area contributed by atoms with Crippen LogP contribution in [0, 0.1) is 18.3 Å². The molecule has 2 aliphatic rings. The Morgan fingerprint density at radius 2 is 2.00 bits per heavy atom. The fraction of sp³-hybridized carbons (Fsp3) is 0.684. The number of ether oxygens (including phenoxy) is 1. The lowest BCUT2D eigenvalue weighted by atomic mass is 9.80. The molecule has 2 unspecified atom stereocenters. The van der Waals surface area contributed by atoms with Gasteiger partial charge in [0.25, 0.3) is 5.91 Å². The highest BCUT2D eigenvalue weighted by molar-refractivity contribution is 5.95. The lowest BCUT2D eigenvalue weighted by Gasteiger charge is -2.32. The van der Waals surface area contributed by atoms with Crippen LogP contribution < -0.4 is 0 Å². The van der Waals surface area contributed by atoms with Crippen LogP contribution in [-0.4, -0.2) is 87.0 Å². The minimum Gasteiger partial charge on any atom is -0.469 e. The van der Waals surface area contributed by atoms with Gasteiger partial charge >= 0.3 is 0 Å². The molecule has 2 saturated heterocycles. The molecule has 1 aromatic heterocycles. The molecule has 7 nitrogen and oxygen atoms in total. The molecule has 0 saturated carbocycles. The summed E-state index contributed by atoms with van der Waals surface area (Å²) in [5, 5.41) is 0. The van der Waals surface area contributed by atoms with Crippen LogP contribution in [0.15, 0.2) is 16.7 Å². The standard InChI is InChI=1S/C19H29N3O4/c1-14-16(5-8-26-14)18(24)22-10-15-9-21(17(23)6-7-25-4)12-19(15,13-22)11-20(2)3/h5,8,15H,6-7,9-13H2,1-4H3. The Morgan fingerprint density at radius 1 is 1.31 bits per heavy atom. The first-order valence-corrected chi connectivity index (χ1v) is 9.11. The Bertz CT molecular complexity index is 671. The number of methoxy groups -OCH3 is 1. The maximum atomic E-state index is 12.9. The number of aryl methyl sites for hydroxylation is 1. The Kier molecular flexibility index (Phi) is 5.39. The number of fused-ring (bicyclic) bond motifs is 1. The number of furan rings is 1. The maximum Gasteiger partial charge on any atom is 0.257 e. The third-order valence-electron chi connectivity index (χ3n) is 5.64. The molecule has 0 radical (unpaired) electrons. The maximum absolute atomic E-state index is 12.9. The highest BCUT2D eigenvalue weighted by atomic mass is 16.5. The molecule has 0 bridgehead atoms. The monoisotopic (exact) mass is 363 g/mol. The van der Waals surface area contributed by atoms with Crippen molar-refractivity contribution in [2.75, 3.05) is 60.5 Å². The summed E-state index contributed by atoms with van der Waals surface area (Å²) in [6, 6.07) is 1.74. The van der Waals surface area contributed by atoms with E-state index in [1.807, 2.05) is 30.8 Å². The van der Waals surface area contributed by atoms with Gasteiger partial charge in [-0.3, -0.25) is 9.59 Å². The molecule has 2 aliphatic heterocycles. The Morgan fingerprint density at radius 3 is 2.62 bits per heavy atom. The highest BCUT2D eigenvalue weighted by Gasteiger charge is 2.54. The summed E-state index contributed by atoms with van der Waals surface area (Å²) in [6.45, 7) is 5.90. The number of amides is 2. The summed E-state index contributed by atoms with van der Waals surface area (Å²) in [4.78, 5) is 31.4. The van der Waals surface area contributed by atoms with Gasteiger partial charge in [-0.15, -0.1) is 0 Å². The number of rotatable bonds is 6. The van der Waals surface area contributed by atoms with Crippen LogP contribution in [0.25, 0.3) is 0 Å². The van der Waals surface area contributed by atoms with Crippen LogP contribution in [0.5, 0.6) is 0 Å². The average Bonchev–Trinajstić information content (AvgIpc) is 3.23. The average molecular weight is 363 g/mol. The topological polar surface area (TPSA) is 66.2 Å². The van der Waals surface area contributed by atoms with Gasteiger partial charge in [0.15, 0.2) is 0 Å². The predicted octanol–water partition coefficient (Wildman–Crippen LogP) is 1.09. The molecular weight excluding hydrogens is 334 g/mol. The smallest absolute Gasteiger partial charge is 0.257 e. The van der Waals surface area contributed by atoms with Gasteiger partial charge in [-0.05, 0) is 27.1 Å². The van der Waals surface area contributed by atoms with Gasteiger partial charge in [0.1, 0.15) is 5.76 Å². The Balaban J connectivity index is 1.74. The van der Waals surface area contributed by atoms with Gasteiger partial charge in [-0.25, -0.2) is 0 Å². The van der Waals surface area contributed by atoms with Crippen molar-refractivity contribution in [2.24, 2.45) is 11.3 Å². The number of hydrogen-bond acceptors (Lipinski definition) is 5. The van der Waals surface area contributed by atoms with Crippen molar-refractivity contribution in [1.29, 1.82) is 0 Å². The number of nitrogens with zero attached hydrogens (tertiary/aromatic N) is 3. The fourth-order valence-corrected chi connectivity index (χ4v) is 4.50. The van der Waals surface area contributed by atoms with Gasteiger partial charge in [0, 0.05) is 51.2 Å². The van der Waals surface area contributed by atoms with Crippen LogP contribution in [0.4, 0.5) is 0 Å². The fourth-order valence-electron chi connectivity index (χ4n) is 4.50. The summed E-state index contributed by atoms with van der Waals surface area (Å²) < 4.78 is 10.3.